The lowest BCUT2D eigenvalue weighted by Gasteiger charge is -2.22. The van der Waals surface area contributed by atoms with E-state index in [9.17, 15) is 28.0 Å². The molecule has 0 saturated carbocycles. The fraction of sp³-hybridized carbons (Fsp3) is 0.800. The molecule has 0 fully saturated rings. The molecule has 0 aromatic heterocycles. The van der Waals surface area contributed by atoms with Crippen molar-refractivity contribution in [2.45, 2.75) is 173 Å². The van der Waals surface area contributed by atoms with E-state index in [1.54, 1.807) is 6.08 Å². The summed E-state index contributed by atoms with van der Waals surface area (Å²) in [5.41, 5.74) is 0. The van der Waals surface area contributed by atoms with E-state index in [-0.39, 0.29) is 6.42 Å². The van der Waals surface area contributed by atoms with Gasteiger partial charge in [0.05, 0.1) is 17.9 Å². The van der Waals surface area contributed by atoms with Gasteiger partial charge in [0.2, 0.25) is 5.91 Å². The number of carbonyl (C=O) groups excluding carboxylic acids is 1. The zero-order chi connectivity index (χ0) is 32.0. The fourth-order valence-electron chi connectivity index (χ4n) is 5.08. The molecule has 0 spiro atoms. The minimum Gasteiger partial charge on any atom is -0.387 e. The molecule has 0 aliphatic rings. The van der Waals surface area contributed by atoms with Crippen LogP contribution in [-0.4, -0.2) is 53.1 Å². The van der Waals surface area contributed by atoms with Crippen LogP contribution in [0.15, 0.2) is 36.5 Å². The number of amides is 1. The molecule has 0 aromatic carbocycles. The zero-order valence-corrected chi connectivity index (χ0v) is 28.3. The minimum atomic E-state index is -4.44. The SMILES string of the molecule is C/C=C/CC/C=C/CC/C=C/C(O)C(CS(=O)(=O)O)NC(=O)C(O)CCCCCCCCCCCCCCCCCCC. The summed E-state index contributed by atoms with van der Waals surface area (Å²) in [7, 11) is -4.44. The van der Waals surface area contributed by atoms with Crippen molar-refractivity contribution in [1.82, 2.24) is 5.32 Å². The number of unbranched alkanes of at least 4 members (excludes halogenated alkanes) is 18. The Morgan fingerprint density at radius 2 is 1.09 bits per heavy atom. The molecule has 0 heterocycles. The lowest BCUT2D eigenvalue weighted by atomic mass is 10.0. The van der Waals surface area contributed by atoms with Crippen molar-refractivity contribution in [2.75, 3.05) is 5.75 Å². The molecule has 0 aliphatic heterocycles. The molecule has 7 nitrogen and oxygen atoms in total. The molecule has 43 heavy (non-hydrogen) atoms. The van der Waals surface area contributed by atoms with Crippen LogP contribution in [0.1, 0.15) is 155 Å². The number of hydrogen-bond acceptors (Lipinski definition) is 5. The number of nitrogens with one attached hydrogen (secondary N) is 1. The second-order valence-electron chi connectivity index (χ2n) is 11.9. The van der Waals surface area contributed by atoms with Crippen molar-refractivity contribution in [2.24, 2.45) is 0 Å². The summed E-state index contributed by atoms with van der Waals surface area (Å²) in [6, 6.07) is -1.25. The first kappa shape index (κ1) is 41.5. The molecule has 4 N–H and O–H groups in total. The average molecular weight is 628 g/mol. The van der Waals surface area contributed by atoms with Gasteiger partial charge in [-0.25, -0.2) is 0 Å². The molecule has 1 amide bonds. The first-order valence-corrected chi connectivity index (χ1v) is 18.9. The molecule has 252 valence electrons. The van der Waals surface area contributed by atoms with E-state index in [0.717, 1.165) is 38.5 Å². The number of carbonyl (C=O) groups is 1. The lowest BCUT2D eigenvalue weighted by molar-refractivity contribution is -0.130. The normalized spacial score (nSPS) is 14.6. The van der Waals surface area contributed by atoms with Crippen molar-refractivity contribution in [1.29, 1.82) is 0 Å². The van der Waals surface area contributed by atoms with Crippen LogP contribution in [0.4, 0.5) is 0 Å². The van der Waals surface area contributed by atoms with Crippen molar-refractivity contribution in [3.63, 3.8) is 0 Å². The Morgan fingerprint density at radius 1 is 0.674 bits per heavy atom. The van der Waals surface area contributed by atoms with E-state index in [1.165, 1.54) is 89.5 Å². The van der Waals surface area contributed by atoms with Gasteiger partial charge >= 0.3 is 0 Å². The third-order valence-corrected chi connectivity index (χ3v) is 8.53. The summed E-state index contributed by atoms with van der Waals surface area (Å²) in [5.74, 6) is -1.57. The van der Waals surface area contributed by atoms with Crippen molar-refractivity contribution < 1.29 is 28.0 Å². The molecule has 3 unspecified atom stereocenters. The predicted octanol–water partition coefficient (Wildman–Crippen LogP) is 8.37. The standard InChI is InChI=1S/C35H65NO6S/c1-3-5-7-9-11-13-14-15-16-17-18-19-20-22-24-26-28-30-34(38)35(39)36-32(31-43(40,41)42)33(37)29-27-25-23-21-12-10-8-6-4-2/h4,6,12,21,27,29,32-34,37-38H,3,5,7-11,13-20,22-26,28,30-31H2,1-2H3,(H,36,39)(H,40,41,42)/b6-4+,21-12+,29-27+. The zero-order valence-electron chi connectivity index (χ0n) is 27.4. The highest BCUT2D eigenvalue weighted by Crippen LogP contribution is 2.15. The highest BCUT2D eigenvalue weighted by Gasteiger charge is 2.27. The van der Waals surface area contributed by atoms with Gasteiger partial charge in [0.15, 0.2) is 0 Å². The summed E-state index contributed by atoms with van der Waals surface area (Å²) >= 11 is 0. The molecule has 0 aromatic rings. The molecule has 0 radical (unpaired) electrons. The highest BCUT2D eigenvalue weighted by molar-refractivity contribution is 7.85. The van der Waals surface area contributed by atoms with Gasteiger partial charge < -0.3 is 15.5 Å². The monoisotopic (exact) mass is 627 g/mol. The molecular weight excluding hydrogens is 562 g/mol. The quantitative estimate of drug-likeness (QED) is 0.0360. The van der Waals surface area contributed by atoms with Crippen LogP contribution >= 0.6 is 0 Å². The van der Waals surface area contributed by atoms with Crippen molar-refractivity contribution >= 4 is 16.0 Å². The lowest BCUT2D eigenvalue weighted by Crippen LogP contribution is -2.50. The van der Waals surface area contributed by atoms with Gasteiger partial charge in [0.1, 0.15) is 6.10 Å². The second-order valence-corrected chi connectivity index (χ2v) is 13.4. The number of allylic oxidation sites excluding steroid dienone is 5. The van der Waals surface area contributed by atoms with E-state index >= 15 is 0 Å². The first-order valence-electron chi connectivity index (χ1n) is 17.3. The second kappa shape index (κ2) is 29.2. The minimum absolute atomic E-state index is 0.273. The van der Waals surface area contributed by atoms with Gasteiger partial charge in [0, 0.05) is 0 Å². The van der Waals surface area contributed by atoms with E-state index in [4.69, 9.17) is 0 Å². The van der Waals surface area contributed by atoms with Crippen LogP contribution in [0, 0.1) is 0 Å². The summed E-state index contributed by atoms with van der Waals surface area (Å²) in [6.45, 7) is 4.25. The van der Waals surface area contributed by atoms with Crippen LogP contribution < -0.4 is 5.32 Å². The van der Waals surface area contributed by atoms with Gasteiger partial charge in [-0.05, 0) is 39.0 Å². The molecular formula is C35H65NO6S. The Bertz CT molecular complexity index is 839. The summed E-state index contributed by atoms with van der Waals surface area (Å²) in [4.78, 5) is 12.5. The van der Waals surface area contributed by atoms with E-state index in [0.29, 0.717) is 12.8 Å². The Kier molecular flexibility index (Phi) is 28.2. The van der Waals surface area contributed by atoms with Gasteiger partial charge in [-0.3, -0.25) is 9.35 Å². The topological polar surface area (TPSA) is 124 Å². The molecule has 3 atom stereocenters. The Labute approximate surface area is 264 Å². The summed E-state index contributed by atoms with van der Waals surface area (Å²) in [5, 5.41) is 23.1. The summed E-state index contributed by atoms with van der Waals surface area (Å²) < 4.78 is 32.2. The molecule has 0 rings (SSSR count). The third-order valence-electron chi connectivity index (χ3n) is 7.75. The smallest absolute Gasteiger partial charge is 0.267 e. The maximum Gasteiger partial charge on any atom is 0.267 e. The number of aliphatic hydroxyl groups is 2. The van der Waals surface area contributed by atoms with E-state index in [1.807, 2.05) is 19.1 Å². The molecule has 0 saturated heterocycles. The summed E-state index contributed by atoms with van der Waals surface area (Å²) in [6.07, 6.45) is 33.8. The maximum atomic E-state index is 12.5. The van der Waals surface area contributed by atoms with Gasteiger partial charge in [0.25, 0.3) is 10.1 Å². The Morgan fingerprint density at radius 3 is 1.53 bits per heavy atom. The Balaban J connectivity index is 4.07. The van der Waals surface area contributed by atoms with Gasteiger partial charge in [-0.1, -0.05) is 153 Å². The van der Waals surface area contributed by atoms with Crippen LogP contribution in [0.25, 0.3) is 0 Å². The number of hydrogen-bond donors (Lipinski definition) is 4. The molecule has 0 aliphatic carbocycles. The fourth-order valence-corrected chi connectivity index (χ4v) is 5.82. The van der Waals surface area contributed by atoms with Crippen LogP contribution in [0.2, 0.25) is 0 Å². The van der Waals surface area contributed by atoms with E-state index in [2.05, 4.69) is 24.4 Å². The van der Waals surface area contributed by atoms with Gasteiger partial charge in [-0.15, -0.1) is 0 Å². The van der Waals surface area contributed by atoms with Gasteiger partial charge in [-0.2, -0.15) is 8.42 Å². The van der Waals surface area contributed by atoms with Crippen LogP contribution in [-0.2, 0) is 14.9 Å². The van der Waals surface area contributed by atoms with Crippen LogP contribution in [0.3, 0.4) is 0 Å². The highest BCUT2D eigenvalue weighted by atomic mass is 32.2. The third kappa shape index (κ3) is 29.0. The molecule has 0 bridgehead atoms. The first-order chi connectivity index (χ1) is 20.7. The predicted molar refractivity (Wildman–Crippen MR) is 181 cm³/mol. The van der Waals surface area contributed by atoms with Crippen molar-refractivity contribution in [3.05, 3.63) is 36.5 Å². The maximum absolute atomic E-state index is 12.5. The van der Waals surface area contributed by atoms with E-state index < -0.39 is 40.0 Å². The van der Waals surface area contributed by atoms with Crippen molar-refractivity contribution in [3.8, 4) is 0 Å². The molecule has 8 heteroatoms. The Hall–Kier alpha value is -1.48. The largest absolute Gasteiger partial charge is 0.387 e. The van der Waals surface area contributed by atoms with Crippen LogP contribution in [0.5, 0.6) is 0 Å². The number of aliphatic hydroxyl groups excluding tert-OH is 2. The average Bonchev–Trinajstić information content (AvgIpc) is 2.96. The number of rotatable bonds is 30.